The second kappa shape index (κ2) is 8.22. The maximum absolute atomic E-state index is 13.0. The molecule has 6 heteroatoms. The van der Waals surface area contributed by atoms with Gasteiger partial charge in [-0.25, -0.2) is 8.42 Å². The van der Waals surface area contributed by atoms with E-state index in [1.165, 1.54) is 5.56 Å². The van der Waals surface area contributed by atoms with Crippen molar-refractivity contribution in [1.82, 2.24) is 14.6 Å². The van der Waals surface area contributed by atoms with Crippen LogP contribution in [0.2, 0.25) is 0 Å². The van der Waals surface area contributed by atoms with E-state index in [2.05, 4.69) is 16.4 Å². The molecule has 1 N–H and O–H groups in total. The van der Waals surface area contributed by atoms with E-state index in [-0.39, 0.29) is 0 Å². The molecule has 1 aliphatic heterocycles. The van der Waals surface area contributed by atoms with Crippen LogP contribution in [0.15, 0.2) is 77.8 Å². The number of hydrogen-bond donors (Lipinski definition) is 1. The molecule has 2 aromatic carbocycles. The quantitative estimate of drug-likeness (QED) is 0.699. The molecule has 0 saturated heterocycles. The molecule has 28 heavy (non-hydrogen) atoms. The van der Waals surface area contributed by atoms with Gasteiger partial charge in [-0.2, -0.15) is 4.31 Å². The van der Waals surface area contributed by atoms with E-state index >= 15 is 0 Å². The first-order valence-corrected chi connectivity index (χ1v) is 10.8. The Hall–Kier alpha value is -2.54. The van der Waals surface area contributed by atoms with Gasteiger partial charge in [0.25, 0.3) is 0 Å². The Labute approximate surface area is 166 Å². The van der Waals surface area contributed by atoms with Gasteiger partial charge in [-0.3, -0.25) is 4.98 Å². The predicted molar refractivity (Wildman–Crippen MR) is 109 cm³/mol. The highest BCUT2D eigenvalue weighted by Crippen LogP contribution is 2.25. The standard InChI is InChI=1S/C22H23N3O2S/c26-28(27,25-14-12-19-5-1-2-6-20(19)17-25)22-10-8-18(9-11-22)15-23-16-21-7-3-4-13-24-21/h1-11,13,23H,12,14-17H2. The molecule has 0 aliphatic carbocycles. The maximum atomic E-state index is 13.0. The van der Waals surface area contributed by atoms with Gasteiger partial charge in [0, 0.05) is 32.4 Å². The third-order valence-electron chi connectivity index (χ3n) is 5.02. The number of aromatic nitrogens is 1. The Kier molecular flexibility index (Phi) is 5.52. The first-order chi connectivity index (χ1) is 13.6. The van der Waals surface area contributed by atoms with Crippen LogP contribution in [-0.2, 0) is 36.1 Å². The average Bonchev–Trinajstić information content (AvgIpc) is 2.74. The van der Waals surface area contributed by atoms with Crippen molar-refractivity contribution in [2.45, 2.75) is 31.0 Å². The molecule has 0 saturated carbocycles. The van der Waals surface area contributed by atoms with Crippen LogP contribution in [0.25, 0.3) is 0 Å². The molecule has 3 aromatic rings. The summed E-state index contributed by atoms with van der Waals surface area (Å²) in [6.07, 6.45) is 2.53. The maximum Gasteiger partial charge on any atom is 0.243 e. The van der Waals surface area contributed by atoms with Crippen molar-refractivity contribution in [2.75, 3.05) is 6.54 Å². The first kappa shape index (κ1) is 18.8. The van der Waals surface area contributed by atoms with Gasteiger partial charge in [-0.1, -0.05) is 42.5 Å². The third kappa shape index (κ3) is 4.14. The summed E-state index contributed by atoms with van der Waals surface area (Å²) in [6, 6.07) is 21.0. The molecule has 1 aromatic heterocycles. The molecule has 0 atom stereocenters. The van der Waals surface area contributed by atoms with Crippen LogP contribution in [0, 0.1) is 0 Å². The molecule has 0 unspecified atom stereocenters. The van der Waals surface area contributed by atoms with E-state index in [4.69, 9.17) is 0 Å². The highest BCUT2D eigenvalue weighted by Gasteiger charge is 2.27. The molecule has 144 valence electrons. The normalized spacial score (nSPS) is 14.6. The molecule has 1 aliphatic rings. The van der Waals surface area contributed by atoms with Gasteiger partial charge < -0.3 is 5.32 Å². The van der Waals surface area contributed by atoms with Gasteiger partial charge in [-0.15, -0.1) is 0 Å². The molecule has 0 amide bonds. The van der Waals surface area contributed by atoms with E-state index in [0.717, 1.165) is 23.2 Å². The molecule has 0 radical (unpaired) electrons. The van der Waals surface area contributed by atoms with Gasteiger partial charge in [-0.05, 0) is 47.4 Å². The fraction of sp³-hybridized carbons (Fsp3) is 0.227. The van der Waals surface area contributed by atoms with E-state index < -0.39 is 10.0 Å². The van der Waals surface area contributed by atoms with Gasteiger partial charge in [0.15, 0.2) is 0 Å². The summed E-state index contributed by atoms with van der Waals surface area (Å²) in [5.74, 6) is 0. The number of hydrogen-bond acceptors (Lipinski definition) is 4. The molecule has 0 bridgehead atoms. The molecule has 0 spiro atoms. The Bertz CT molecular complexity index is 1030. The minimum atomic E-state index is -3.48. The zero-order chi connectivity index (χ0) is 19.4. The average molecular weight is 394 g/mol. The van der Waals surface area contributed by atoms with Crippen molar-refractivity contribution in [3.8, 4) is 0 Å². The van der Waals surface area contributed by atoms with E-state index in [1.807, 2.05) is 48.5 Å². The number of benzene rings is 2. The second-order valence-corrected chi connectivity index (χ2v) is 8.86. The van der Waals surface area contributed by atoms with Gasteiger partial charge in [0.1, 0.15) is 0 Å². The number of nitrogens with zero attached hydrogens (tertiary/aromatic N) is 2. The fourth-order valence-corrected chi connectivity index (χ4v) is 4.86. The lowest BCUT2D eigenvalue weighted by Gasteiger charge is -2.28. The number of nitrogens with one attached hydrogen (secondary N) is 1. The molecule has 2 heterocycles. The zero-order valence-corrected chi connectivity index (χ0v) is 16.4. The van der Waals surface area contributed by atoms with E-state index in [9.17, 15) is 8.42 Å². The summed E-state index contributed by atoms with van der Waals surface area (Å²) in [4.78, 5) is 4.62. The van der Waals surface area contributed by atoms with Gasteiger partial charge in [0.05, 0.1) is 10.6 Å². The summed E-state index contributed by atoms with van der Waals surface area (Å²) in [5, 5.41) is 3.33. The van der Waals surface area contributed by atoms with Crippen LogP contribution in [0.4, 0.5) is 0 Å². The van der Waals surface area contributed by atoms with Crippen molar-refractivity contribution in [2.24, 2.45) is 0 Å². The topological polar surface area (TPSA) is 62.3 Å². The fourth-order valence-electron chi connectivity index (χ4n) is 3.44. The van der Waals surface area contributed by atoms with Crippen molar-refractivity contribution in [3.05, 3.63) is 95.3 Å². The number of fused-ring (bicyclic) bond motifs is 1. The second-order valence-electron chi connectivity index (χ2n) is 6.93. The van der Waals surface area contributed by atoms with Crippen molar-refractivity contribution >= 4 is 10.0 Å². The van der Waals surface area contributed by atoms with Crippen LogP contribution in [0.5, 0.6) is 0 Å². The summed E-state index contributed by atoms with van der Waals surface area (Å²) < 4.78 is 27.6. The van der Waals surface area contributed by atoms with Gasteiger partial charge in [0.2, 0.25) is 10.0 Å². The zero-order valence-electron chi connectivity index (χ0n) is 15.6. The van der Waals surface area contributed by atoms with Crippen molar-refractivity contribution < 1.29 is 8.42 Å². The molecular formula is C22H23N3O2S. The largest absolute Gasteiger partial charge is 0.307 e. The minimum Gasteiger partial charge on any atom is -0.307 e. The highest BCUT2D eigenvalue weighted by atomic mass is 32.2. The smallest absolute Gasteiger partial charge is 0.243 e. The van der Waals surface area contributed by atoms with Crippen molar-refractivity contribution in [3.63, 3.8) is 0 Å². The lowest BCUT2D eigenvalue weighted by molar-refractivity contribution is 0.391. The van der Waals surface area contributed by atoms with Crippen LogP contribution in [0.1, 0.15) is 22.4 Å². The van der Waals surface area contributed by atoms with Crippen LogP contribution < -0.4 is 5.32 Å². The molecular weight excluding hydrogens is 370 g/mol. The highest BCUT2D eigenvalue weighted by molar-refractivity contribution is 7.89. The summed E-state index contributed by atoms with van der Waals surface area (Å²) in [5.41, 5.74) is 4.35. The number of rotatable bonds is 6. The Morgan fingerprint density at radius 3 is 2.39 bits per heavy atom. The lowest BCUT2D eigenvalue weighted by atomic mass is 10.0. The van der Waals surface area contributed by atoms with Crippen LogP contribution in [-0.4, -0.2) is 24.3 Å². The molecule has 0 fully saturated rings. The van der Waals surface area contributed by atoms with Gasteiger partial charge >= 0.3 is 0 Å². The predicted octanol–water partition coefficient (Wildman–Crippen LogP) is 3.12. The number of sulfonamides is 1. The molecule has 4 rings (SSSR count). The first-order valence-electron chi connectivity index (χ1n) is 9.39. The lowest BCUT2D eigenvalue weighted by Crippen LogP contribution is -2.35. The van der Waals surface area contributed by atoms with E-state index in [0.29, 0.717) is 31.1 Å². The number of pyridine rings is 1. The van der Waals surface area contributed by atoms with Crippen LogP contribution in [0.3, 0.4) is 0 Å². The SMILES string of the molecule is O=S(=O)(c1ccc(CNCc2ccccn2)cc1)N1CCc2ccccc2C1. The Morgan fingerprint density at radius 2 is 1.64 bits per heavy atom. The van der Waals surface area contributed by atoms with Crippen molar-refractivity contribution in [1.29, 1.82) is 0 Å². The summed E-state index contributed by atoms with van der Waals surface area (Å²) in [6.45, 7) is 2.29. The minimum absolute atomic E-state index is 0.348. The monoisotopic (exact) mass is 393 g/mol. The Morgan fingerprint density at radius 1 is 0.893 bits per heavy atom. The molecule has 5 nitrogen and oxygen atoms in total. The summed E-state index contributed by atoms with van der Waals surface area (Å²) in [7, 11) is -3.48. The van der Waals surface area contributed by atoms with E-state index in [1.54, 1.807) is 22.6 Å². The van der Waals surface area contributed by atoms with Crippen LogP contribution >= 0.6 is 0 Å². The Balaban J connectivity index is 1.40. The third-order valence-corrected chi connectivity index (χ3v) is 6.88. The summed E-state index contributed by atoms with van der Waals surface area (Å²) >= 11 is 0.